The van der Waals surface area contributed by atoms with E-state index in [-0.39, 0.29) is 10.6 Å². The lowest BCUT2D eigenvalue weighted by Crippen LogP contribution is -2.32. The minimum Gasteiger partial charge on any atom is -0.495 e. The van der Waals surface area contributed by atoms with Crippen LogP contribution in [0.25, 0.3) is 0 Å². The zero-order chi connectivity index (χ0) is 13.9. The van der Waals surface area contributed by atoms with Gasteiger partial charge < -0.3 is 15.8 Å². The van der Waals surface area contributed by atoms with E-state index in [1.54, 1.807) is 0 Å². The molecule has 1 atom stereocenters. The Morgan fingerprint density at radius 2 is 2.06 bits per heavy atom. The van der Waals surface area contributed by atoms with Gasteiger partial charge in [0.2, 0.25) is 15.9 Å². The van der Waals surface area contributed by atoms with Crippen molar-refractivity contribution in [3.05, 3.63) is 18.2 Å². The van der Waals surface area contributed by atoms with E-state index in [4.69, 9.17) is 15.6 Å². The second kappa shape index (κ2) is 5.34. The lowest BCUT2D eigenvalue weighted by atomic mass is 10.2. The first kappa shape index (κ1) is 14.4. The fourth-order valence-corrected chi connectivity index (χ4v) is 1.75. The summed E-state index contributed by atoms with van der Waals surface area (Å²) in [6.45, 7) is 1.51. The van der Waals surface area contributed by atoms with Crippen LogP contribution < -0.4 is 20.9 Å². The third-order valence-corrected chi connectivity index (χ3v) is 3.08. The third-order valence-electron chi connectivity index (χ3n) is 2.17. The summed E-state index contributed by atoms with van der Waals surface area (Å²) in [4.78, 5) is 11.3. The number of benzene rings is 1. The summed E-state index contributed by atoms with van der Waals surface area (Å²) < 4.78 is 27.4. The molecule has 0 aliphatic heterocycles. The summed E-state index contributed by atoms with van der Waals surface area (Å²) in [5.41, 5.74) is 5.60. The first-order chi connectivity index (χ1) is 8.25. The number of anilines is 1. The maximum Gasteiger partial charge on any atom is 0.241 e. The predicted octanol–water partition coefficient (Wildman–Crippen LogP) is -0.372. The molecule has 0 saturated carbocycles. The van der Waals surface area contributed by atoms with Gasteiger partial charge in [-0.05, 0) is 25.1 Å². The Balaban J connectivity index is 3.19. The molecule has 0 aliphatic rings. The zero-order valence-electron chi connectivity index (χ0n) is 10.0. The molecule has 0 aliphatic carbocycles. The van der Waals surface area contributed by atoms with Gasteiger partial charge in [-0.3, -0.25) is 4.79 Å². The van der Waals surface area contributed by atoms with Crippen LogP contribution >= 0.6 is 0 Å². The number of sulfonamides is 1. The maximum atomic E-state index is 11.5. The van der Waals surface area contributed by atoms with E-state index >= 15 is 0 Å². The average molecular weight is 273 g/mol. The summed E-state index contributed by atoms with van der Waals surface area (Å²) >= 11 is 0. The van der Waals surface area contributed by atoms with Crippen molar-refractivity contribution in [2.75, 3.05) is 12.4 Å². The Morgan fingerprint density at radius 1 is 1.44 bits per heavy atom. The molecule has 1 amide bonds. The highest BCUT2D eigenvalue weighted by molar-refractivity contribution is 7.89. The van der Waals surface area contributed by atoms with E-state index < -0.39 is 22.0 Å². The van der Waals surface area contributed by atoms with E-state index in [0.717, 1.165) is 0 Å². The van der Waals surface area contributed by atoms with Crippen LogP contribution in [0, 0.1) is 0 Å². The minimum atomic E-state index is -3.84. The van der Waals surface area contributed by atoms with E-state index in [0.29, 0.717) is 5.75 Å². The molecule has 7 nitrogen and oxygen atoms in total. The van der Waals surface area contributed by atoms with Gasteiger partial charge >= 0.3 is 0 Å². The molecule has 0 radical (unpaired) electrons. The molecule has 1 aromatic carbocycles. The number of amides is 1. The molecular formula is C10H15N3O4S. The van der Waals surface area contributed by atoms with Crippen molar-refractivity contribution >= 4 is 21.6 Å². The summed E-state index contributed by atoms with van der Waals surface area (Å²) in [7, 11) is -2.45. The average Bonchev–Trinajstić information content (AvgIpc) is 2.27. The van der Waals surface area contributed by atoms with Gasteiger partial charge in [-0.15, -0.1) is 0 Å². The number of ether oxygens (including phenoxy) is 1. The van der Waals surface area contributed by atoms with Crippen molar-refractivity contribution in [3.63, 3.8) is 0 Å². The Morgan fingerprint density at radius 3 is 2.50 bits per heavy atom. The van der Waals surface area contributed by atoms with Crippen LogP contribution in [0.1, 0.15) is 6.92 Å². The van der Waals surface area contributed by atoms with E-state index in [1.165, 1.54) is 32.2 Å². The van der Waals surface area contributed by atoms with Gasteiger partial charge in [0.15, 0.2) is 0 Å². The molecule has 0 unspecified atom stereocenters. The van der Waals surface area contributed by atoms with Crippen molar-refractivity contribution in [1.29, 1.82) is 0 Å². The van der Waals surface area contributed by atoms with Crippen LogP contribution in [0.4, 0.5) is 5.69 Å². The van der Waals surface area contributed by atoms with E-state index in [2.05, 4.69) is 5.32 Å². The molecule has 0 heterocycles. The Labute approximate surface area is 105 Å². The molecule has 0 saturated heterocycles. The number of rotatable bonds is 4. The van der Waals surface area contributed by atoms with Crippen LogP contribution in [0.3, 0.4) is 0 Å². The van der Waals surface area contributed by atoms with Gasteiger partial charge in [0.1, 0.15) is 5.75 Å². The van der Waals surface area contributed by atoms with Crippen molar-refractivity contribution in [2.24, 2.45) is 10.9 Å². The molecule has 0 aromatic heterocycles. The SMILES string of the molecule is COc1ccc(S(N)(=O)=O)cc1NC(=O)[C@H](C)N. The zero-order valence-corrected chi connectivity index (χ0v) is 10.8. The van der Waals surface area contributed by atoms with Gasteiger partial charge in [-0.25, -0.2) is 13.6 Å². The Kier molecular flexibility index (Phi) is 4.28. The quantitative estimate of drug-likeness (QED) is 0.690. The second-order valence-corrected chi connectivity index (χ2v) is 5.25. The summed E-state index contributed by atoms with van der Waals surface area (Å²) in [6.07, 6.45) is 0. The van der Waals surface area contributed by atoms with E-state index in [9.17, 15) is 13.2 Å². The number of carbonyl (C=O) groups excluding carboxylic acids is 1. The fraction of sp³-hybridized carbons (Fsp3) is 0.300. The molecule has 1 aromatic rings. The summed E-state index contributed by atoms with van der Waals surface area (Å²) in [6, 6.07) is 3.17. The number of primary sulfonamides is 1. The highest BCUT2D eigenvalue weighted by Crippen LogP contribution is 2.27. The van der Waals surface area contributed by atoms with Crippen molar-refractivity contribution in [2.45, 2.75) is 17.9 Å². The normalized spacial score (nSPS) is 12.9. The largest absolute Gasteiger partial charge is 0.495 e. The first-order valence-corrected chi connectivity index (χ1v) is 6.57. The van der Waals surface area contributed by atoms with Gasteiger partial charge in [0.25, 0.3) is 0 Å². The van der Waals surface area contributed by atoms with Crippen LogP contribution in [-0.2, 0) is 14.8 Å². The predicted molar refractivity (Wildman–Crippen MR) is 66.6 cm³/mol. The highest BCUT2D eigenvalue weighted by atomic mass is 32.2. The molecule has 100 valence electrons. The highest BCUT2D eigenvalue weighted by Gasteiger charge is 2.15. The molecule has 5 N–H and O–H groups in total. The molecule has 0 spiro atoms. The Bertz CT molecular complexity index is 554. The molecule has 18 heavy (non-hydrogen) atoms. The van der Waals surface area contributed by atoms with Crippen LogP contribution in [0.15, 0.2) is 23.1 Å². The van der Waals surface area contributed by atoms with Gasteiger partial charge in [-0.1, -0.05) is 0 Å². The van der Waals surface area contributed by atoms with Crippen LogP contribution in [0.2, 0.25) is 0 Å². The standard InChI is InChI=1S/C10H15N3O4S/c1-6(11)10(14)13-8-5-7(18(12,15)16)3-4-9(8)17-2/h3-6H,11H2,1-2H3,(H,13,14)(H2,12,15,16)/t6-/m0/s1. The molecule has 1 rings (SSSR count). The number of hydrogen-bond donors (Lipinski definition) is 3. The lowest BCUT2D eigenvalue weighted by Gasteiger charge is -2.12. The fourth-order valence-electron chi connectivity index (χ4n) is 1.21. The minimum absolute atomic E-state index is 0.122. The number of nitrogens with two attached hydrogens (primary N) is 2. The number of carbonyl (C=O) groups is 1. The maximum absolute atomic E-state index is 11.5. The Hall–Kier alpha value is -1.64. The van der Waals surface area contributed by atoms with Crippen molar-refractivity contribution < 1.29 is 17.9 Å². The monoisotopic (exact) mass is 273 g/mol. The van der Waals surface area contributed by atoms with Crippen LogP contribution in [-0.4, -0.2) is 27.5 Å². The van der Waals surface area contributed by atoms with Crippen molar-refractivity contribution in [1.82, 2.24) is 0 Å². The smallest absolute Gasteiger partial charge is 0.241 e. The lowest BCUT2D eigenvalue weighted by molar-refractivity contribution is -0.117. The van der Waals surface area contributed by atoms with Crippen LogP contribution in [0.5, 0.6) is 5.75 Å². The molecule has 0 fully saturated rings. The number of hydrogen-bond acceptors (Lipinski definition) is 5. The number of methoxy groups -OCH3 is 1. The third kappa shape index (κ3) is 3.42. The van der Waals surface area contributed by atoms with Gasteiger partial charge in [-0.2, -0.15) is 0 Å². The molecule has 8 heteroatoms. The summed E-state index contributed by atoms with van der Waals surface area (Å²) in [5.74, 6) is -0.142. The first-order valence-electron chi connectivity index (χ1n) is 5.03. The number of nitrogens with one attached hydrogen (secondary N) is 1. The van der Waals surface area contributed by atoms with Crippen molar-refractivity contribution in [3.8, 4) is 5.75 Å². The molecular weight excluding hydrogens is 258 g/mol. The molecule has 0 bridgehead atoms. The second-order valence-electron chi connectivity index (χ2n) is 3.69. The van der Waals surface area contributed by atoms with E-state index in [1.807, 2.05) is 0 Å². The van der Waals surface area contributed by atoms with Gasteiger partial charge in [0.05, 0.1) is 23.7 Å². The topological polar surface area (TPSA) is 125 Å². The summed E-state index contributed by atoms with van der Waals surface area (Å²) in [5, 5.41) is 7.47. The van der Waals surface area contributed by atoms with Gasteiger partial charge in [0, 0.05) is 0 Å².